The van der Waals surface area contributed by atoms with E-state index in [4.69, 9.17) is 4.74 Å². The molecule has 10 heteroatoms. The Morgan fingerprint density at radius 2 is 2.26 bits per heavy atom. The number of piperazine rings is 1. The van der Waals surface area contributed by atoms with Gasteiger partial charge < -0.3 is 25.4 Å². The summed E-state index contributed by atoms with van der Waals surface area (Å²) in [5.74, 6) is 0.934. The van der Waals surface area contributed by atoms with Gasteiger partial charge in [0.15, 0.2) is 0 Å². The van der Waals surface area contributed by atoms with Crippen LogP contribution in [0.15, 0.2) is 24.4 Å². The Balaban J connectivity index is 1.63. The monoisotopic (exact) mass is 370 g/mol. The van der Waals surface area contributed by atoms with E-state index < -0.39 is 0 Å². The fraction of sp³-hybridized carbons (Fsp3) is 0.412. The molecule has 1 fully saturated rings. The average Bonchev–Trinajstić information content (AvgIpc) is 3.16. The summed E-state index contributed by atoms with van der Waals surface area (Å²) in [7, 11) is 1.53. The van der Waals surface area contributed by atoms with Crippen molar-refractivity contribution in [1.82, 2.24) is 30.5 Å². The first-order valence-electron chi connectivity index (χ1n) is 8.85. The van der Waals surface area contributed by atoms with Crippen LogP contribution >= 0.6 is 0 Å². The molecule has 4 N–H and O–H groups in total. The molecule has 0 bridgehead atoms. The molecular formula is C17H22N8O2. The first-order chi connectivity index (χ1) is 13.3. The van der Waals surface area contributed by atoms with Crippen LogP contribution in [-0.2, 0) is 0 Å². The van der Waals surface area contributed by atoms with Gasteiger partial charge in [-0.3, -0.25) is 5.10 Å². The molecule has 3 aromatic rings. The van der Waals surface area contributed by atoms with Gasteiger partial charge in [-0.1, -0.05) is 0 Å². The Hall–Kier alpha value is -2.98. The molecule has 0 aliphatic carbocycles. The Bertz CT molecular complexity index is 913. The largest absolute Gasteiger partial charge is 0.467 e. The summed E-state index contributed by atoms with van der Waals surface area (Å²) in [5.41, 5.74) is 1.75. The minimum Gasteiger partial charge on any atom is -0.467 e. The van der Waals surface area contributed by atoms with Crippen molar-refractivity contribution in [1.29, 1.82) is 0 Å². The molecule has 0 saturated carbocycles. The number of aliphatic hydroxyl groups excluding tert-OH is 1. The fourth-order valence-corrected chi connectivity index (χ4v) is 3.20. The third-order valence-corrected chi connectivity index (χ3v) is 4.55. The van der Waals surface area contributed by atoms with E-state index in [0.717, 1.165) is 36.2 Å². The Kier molecular flexibility index (Phi) is 4.99. The van der Waals surface area contributed by atoms with Gasteiger partial charge in [-0.05, 0) is 24.6 Å². The first kappa shape index (κ1) is 17.4. The molecule has 1 aromatic carbocycles. The Labute approximate surface area is 156 Å². The molecule has 0 spiro atoms. The summed E-state index contributed by atoms with van der Waals surface area (Å²) in [6.45, 7) is 2.46. The minimum atomic E-state index is 0.111. The topological polar surface area (TPSA) is 124 Å². The maximum atomic E-state index is 9.35. The van der Waals surface area contributed by atoms with Gasteiger partial charge in [-0.2, -0.15) is 20.1 Å². The van der Waals surface area contributed by atoms with E-state index in [1.807, 2.05) is 18.2 Å². The van der Waals surface area contributed by atoms with Crippen molar-refractivity contribution >= 4 is 28.5 Å². The van der Waals surface area contributed by atoms with Crippen LogP contribution in [0.3, 0.4) is 0 Å². The zero-order valence-corrected chi connectivity index (χ0v) is 15.0. The lowest BCUT2D eigenvalue weighted by atomic mass is 10.1. The number of ether oxygens (including phenoxy) is 1. The van der Waals surface area contributed by atoms with Gasteiger partial charge in [0.25, 0.3) is 0 Å². The van der Waals surface area contributed by atoms with Gasteiger partial charge in [0.2, 0.25) is 11.9 Å². The molecule has 0 radical (unpaired) electrons. The van der Waals surface area contributed by atoms with Crippen molar-refractivity contribution in [2.45, 2.75) is 12.5 Å². The molecule has 1 aliphatic heterocycles. The van der Waals surface area contributed by atoms with Crippen molar-refractivity contribution in [3.63, 3.8) is 0 Å². The van der Waals surface area contributed by atoms with Crippen molar-refractivity contribution in [2.24, 2.45) is 0 Å². The zero-order valence-electron chi connectivity index (χ0n) is 15.0. The summed E-state index contributed by atoms with van der Waals surface area (Å²) in [4.78, 5) is 15.4. The number of hydrogen-bond donors (Lipinski definition) is 4. The third kappa shape index (κ3) is 3.76. The normalized spacial score (nSPS) is 17.3. The number of fused-ring (bicyclic) bond motifs is 1. The summed E-state index contributed by atoms with van der Waals surface area (Å²) in [6.07, 6.45) is 2.41. The van der Waals surface area contributed by atoms with Crippen LogP contribution in [0, 0.1) is 0 Å². The number of nitrogens with one attached hydrogen (secondary N) is 3. The number of aromatic amines is 1. The molecular weight excluding hydrogens is 348 g/mol. The second kappa shape index (κ2) is 7.72. The van der Waals surface area contributed by atoms with Crippen molar-refractivity contribution < 1.29 is 9.84 Å². The first-order valence-corrected chi connectivity index (χ1v) is 8.85. The number of rotatable bonds is 6. The standard InChI is InChI=1S/C17H22N8O2/c1-27-17-22-15(20-12-3-2-11-9-19-24-14(11)8-12)21-16(23-17)25-6-5-18-10-13(25)4-7-26/h2-3,8-9,13,18,26H,4-7,10H2,1H3,(H,19,24)(H,20,21,22,23). The quantitative estimate of drug-likeness (QED) is 0.495. The maximum Gasteiger partial charge on any atom is 0.322 e. The number of benzene rings is 1. The zero-order chi connectivity index (χ0) is 18.6. The summed E-state index contributed by atoms with van der Waals surface area (Å²) < 4.78 is 5.27. The molecule has 1 unspecified atom stereocenters. The number of aliphatic hydroxyl groups is 1. The van der Waals surface area contributed by atoms with Crippen LogP contribution in [0.1, 0.15) is 6.42 Å². The molecule has 3 heterocycles. The SMILES string of the molecule is COc1nc(Nc2ccc3cn[nH]c3c2)nc(N2CCNCC2CCO)n1. The predicted octanol–water partition coefficient (Wildman–Crippen LogP) is 0.661. The van der Waals surface area contributed by atoms with Crippen LogP contribution in [0.5, 0.6) is 6.01 Å². The van der Waals surface area contributed by atoms with E-state index in [-0.39, 0.29) is 18.7 Å². The number of hydrogen-bond acceptors (Lipinski definition) is 9. The molecule has 1 saturated heterocycles. The lowest BCUT2D eigenvalue weighted by Crippen LogP contribution is -2.52. The number of methoxy groups -OCH3 is 1. The molecule has 10 nitrogen and oxygen atoms in total. The highest BCUT2D eigenvalue weighted by Gasteiger charge is 2.25. The predicted molar refractivity (Wildman–Crippen MR) is 101 cm³/mol. The van der Waals surface area contributed by atoms with Crippen LogP contribution < -0.4 is 20.3 Å². The summed E-state index contributed by atoms with van der Waals surface area (Å²) in [5, 5.41) is 23.9. The van der Waals surface area contributed by atoms with Gasteiger partial charge in [0.1, 0.15) is 0 Å². The summed E-state index contributed by atoms with van der Waals surface area (Å²) >= 11 is 0. The van der Waals surface area contributed by atoms with E-state index in [1.165, 1.54) is 7.11 Å². The van der Waals surface area contributed by atoms with E-state index in [1.54, 1.807) is 6.20 Å². The number of aromatic nitrogens is 5. The van der Waals surface area contributed by atoms with E-state index >= 15 is 0 Å². The third-order valence-electron chi connectivity index (χ3n) is 4.55. The minimum absolute atomic E-state index is 0.111. The van der Waals surface area contributed by atoms with E-state index in [9.17, 15) is 5.11 Å². The molecule has 0 amide bonds. The van der Waals surface area contributed by atoms with Crippen LogP contribution in [0.4, 0.5) is 17.6 Å². The lowest BCUT2D eigenvalue weighted by molar-refractivity contribution is 0.265. The highest BCUT2D eigenvalue weighted by atomic mass is 16.5. The smallest absolute Gasteiger partial charge is 0.322 e. The molecule has 142 valence electrons. The van der Waals surface area contributed by atoms with Gasteiger partial charge in [-0.15, -0.1) is 0 Å². The second-order valence-corrected chi connectivity index (χ2v) is 6.31. The average molecular weight is 370 g/mol. The Morgan fingerprint density at radius 1 is 1.33 bits per heavy atom. The van der Waals surface area contributed by atoms with E-state index in [0.29, 0.717) is 18.3 Å². The van der Waals surface area contributed by atoms with Crippen molar-refractivity contribution in [2.75, 3.05) is 43.6 Å². The van der Waals surface area contributed by atoms with Gasteiger partial charge in [-0.25, -0.2) is 0 Å². The molecule has 27 heavy (non-hydrogen) atoms. The van der Waals surface area contributed by atoms with Gasteiger partial charge in [0, 0.05) is 43.4 Å². The van der Waals surface area contributed by atoms with E-state index in [2.05, 4.69) is 40.7 Å². The Morgan fingerprint density at radius 3 is 3.11 bits per heavy atom. The summed E-state index contributed by atoms with van der Waals surface area (Å²) in [6, 6.07) is 6.20. The van der Waals surface area contributed by atoms with Crippen LogP contribution in [-0.4, -0.2) is 69.6 Å². The molecule has 4 rings (SSSR count). The number of nitrogens with zero attached hydrogens (tertiary/aromatic N) is 5. The lowest BCUT2D eigenvalue weighted by Gasteiger charge is -2.36. The fourth-order valence-electron chi connectivity index (χ4n) is 3.20. The van der Waals surface area contributed by atoms with Gasteiger partial charge in [0.05, 0.1) is 18.8 Å². The van der Waals surface area contributed by atoms with Crippen molar-refractivity contribution in [3.05, 3.63) is 24.4 Å². The molecule has 1 aliphatic rings. The van der Waals surface area contributed by atoms with Crippen LogP contribution in [0.2, 0.25) is 0 Å². The maximum absolute atomic E-state index is 9.35. The highest BCUT2D eigenvalue weighted by molar-refractivity contribution is 5.82. The molecule has 1 atom stereocenters. The van der Waals surface area contributed by atoms with Gasteiger partial charge >= 0.3 is 6.01 Å². The highest BCUT2D eigenvalue weighted by Crippen LogP contribution is 2.23. The molecule has 2 aromatic heterocycles. The number of anilines is 3. The van der Waals surface area contributed by atoms with Crippen molar-refractivity contribution in [3.8, 4) is 6.01 Å². The van der Waals surface area contributed by atoms with Crippen LogP contribution in [0.25, 0.3) is 10.9 Å². The second-order valence-electron chi connectivity index (χ2n) is 6.31. The number of H-pyrrole nitrogens is 1.